The number of amides is 1. The summed E-state index contributed by atoms with van der Waals surface area (Å²) in [5, 5.41) is 5.49. The van der Waals surface area contributed by atoms with Gasteiger partial charge in [0, 0.05) is 30.6 Å². The first-order valence-electron chi connectivity index (χ1n) is 8.63. The van der Waals surface area contributed by atoms with Crippen LogP contribution in [0.4, 0.5) is 5.13 Å². The Bertz CT molecular complexity index is 911. The highest BCUT2D eigenvalue weighted by Gasteiger charge is 2.22. The van der Waals surface area contributed by atoms with Gasteiger partial charge in [0.2, 0.25) is 0 Å². The Morgan fingerprint density at radius 2 is 2.19 bits per heavy atom. The zero-order valence-corrected chi connectivity index (χ0v) is 15.5. The Morgan fingerprint density at radius 3 is 3.00 bits per heavy atom. The largest absolute Gasteiger partial charge is 0.373 e. The fourth-order valence-electron chi connectivity index (χ4n) is 3.33. The van der Waals surface area contributed by atoms with E-state index in [1.54, 1.807) is 18.5 Å². The number of ether oxygens (including phenoxy) is 1. The van der Waals surface area contributed by atoms with E-state index in [0.717, 1.165) is 36.4 Å². The number of thiazole rings is 1. The van der Waals surface area contributed by atoms with Crippen molar-refractivity contribution in [1.82, 2.24) is 19.9 Å². The maximum absolute atomic E-state index is 12.5. The average molecular weight is 371 g/mol. The van der Waals surface area contributed by atoms with Gasteiger partial charge >= 0.3 is 0 Å². The van der Waals surface area contributed by atoms with Gasteiger partial charge in [0.25, 0.3) is 5.91 Å². The highest BCUT2D eigenvalue weighted by molar-refractivity contribution is 7.13. The molecule has 2 atom stereocenters. The van der Waals surface area contributed by atoms with E-state index in [1.165, 1.54) is 11.3 Å². The van der Waals surface area contributed by atoms with E-state index < -0.39 is 0 Å². The third kappa shape index (κ3) is 3.77. The molecule has 4 rings (SSSR count). The molecule has 0 spiro atoms. The number of fused-ring (bicyclic) bond motifs is 1. The molecule has 1 aliphatic heterocycles. The molecule has 0 aliphatic carbocycles. The molecule has 3 aromatic rings. The van der Waals surface area contributed by atoms with Gasteiger partial charge in [-0.2, -0.15) is 0 Å². The molecule has 1 aromatic carbocycles. The van der Waals surface area contributed by atoms with E-state index in [-0.39, 0.29) is 18.1 Å². The number of aromatic nitrogens is 3. The standard InChI is InChI=1S/C18H21N5O2S/c1-11-6-23(7-12(2)25-11)8-14-9-26-18(21-14)22-17(24)13-3-4-15-16(5-13)20-10-19-15/h3-5,9-12H,6-8H2,1-2H3,(H,19,20)(H,21,22,24)/t11-,12-/m0/s1. The maximum atomic E-state index is 12.5. The minimum absolute atomic E-state index is 0.170. The summed E-state index contributed by atoms with van der Waals surface area (Å²) in [5.74, 6) is -0.170. The predicted octanol–water partition coefficient (Wildman–Crippen LogP) is 2.88. The van der Waals surface area contributed by atoms with Gasteiger partial charge in [-0.05, 0) is 32.0 Å². The summed E-state index contributed by atoms with van der Waals surface area (Å²) in [5.41, 5.74) is 3.23. The average Bonchev–Trinajstić information content (AvgIpc) is 3.22. The molecule has 2 aromatic heterocycles. The molecule has 1 saturated heterocycles. The smallest absolute Gasteiger partial charge is 0.257 e. The van der Waals surface area contributed by atoms with Crippen LogP contribution in [0.2, 0.25) is 0 Å². The number of nitrogens with zero attached hydrogens (tertiary/aromatic N) is 3. The second kappa shape index (κ2) is 7.14. The Hall–Kier alpha value is -2.29. The van der Waals surface area contributed by atoms with E-state index >= 15 is 0 Å². The van der Waals surface area contributed by atoms with Gasteiger partial charge in [0.05, 0.1) is 35.3 Å². The van der Waals surface area contributed by atoms with Crippen molar-refractivity contribution in [3.63, 3.8) is 0 Å². The number of carbonyl (C=O) groups is 1. The van der Waals surface area contributed by atoms with Crippen molar-refractivity contribution < 1.29 is 9.53 Å². The predicted molar refractivity (Wildman–Crippen MR) is 101 cm³/mol. The lowest BCUT2D eigenvalue weighted by molar-refractivity contribution is -0.0707. The Morgan fingerprint density at radius 1 is 1.38 bits per heavy atom. The van der Waals surface area contributed by atoms with E-state index in [2.05, 4.69) is 39.0 Å². The van der Waals surface area contributed by atoms with Gasteiger partial charge in [-0.25, -0.2) is 9.97 Å². The number of rotatable bonds is 4. The maximum Gasteiger partial charge on any atom is 0.257 e. The molecule has 1 fully saturated rings. The number of imidazole rings is 1. The lowest BCUT2D eigenvalue weighted by Crippen LogP contribution is -2.44. The van der Waals surface area contributed by atoms with Gasteiger partial charge in [-0.15, -0.1) is 11.3 Å². The van der Waals surface area contributed by atoms with Crippen molar-refractivity contribution >= 4 is 33.4 Å². The number of hydrogen-bond acceptors (Lipinski definition) is 6. The lowest BCUT2D eigenvalue weighted by Gasteiger charge is -2.34. The first-order chi connectivity index (χ1) is 12.6. The number of morpholine rings is 1. The molecule has 1 aliphatic rings. The molecule has 0 bridgehead atoms. The summed E-state index contributed by atoms with van der Waals surface area (Å²) >= 11 is 1.45. The quantitative estimate of drug-likeness (QED) is 0.737. The number of benzene rings is 1. The zero-order valence-electron chi connectivity index (χ0n) is 14.7. The molecule has 0 radical (unpaired) electrons. The van der Waals surface area contributed by atoms with Gasteiger partial charge in [-0.1, -0.05) is 0 Å². The van der Waals surface area contributed by atoms with Crippen LogP contribution in [0.15, 0.2) is 29.9 Å². The van der Waals surface area contributed by atoms with E-state index in [1.807, 2.05) is 11.4 Å². The summed E-state index contributed by atoms with van der Waals surface area (Å²) in [6.07, 6.45) is 2.08. The first-order valence-corrected chi connectivity index (χ1v) is 9.51. The van der Waals surface area contributed by atoms with Crippen molar-refractivity contribution in [3.05, 3.63) is 41.2 Å². The monoisotopic (exact) mass is 371 g/mol. The fourth-order valence-corrected chi connectivity index (χ4v) is 4.02. The number of carbonyl (C=O) groups excluding carboxylic acids is 1. The van der Waals surface area contributed by atoms with Gasteiger partial charge in [0.15, 0.2) is 5.13 Å². The van der Waals surface area contributed by atoms with Crippen LogP contribution in [-0.4, -0.2) is 51.1 Å². The van der Waals surface area contributed by atoms with Crippen molar-refractivity contribution in [2.75, 3.05) is 18.4 Å². The summed E-state index contributed by atoms with van der Waals surface area (Å²) in [6.45, 7) is 6.74. The molecule has 0 unspecified atom stereocenters. The normalized spacial score (nSPS) is 21.2. The topological polar surface area (TPSA) is 83.1 Å². The minimum Gasteiger partial charge on any atom is -0.373 e. The van der Waals surface area contributed by atoms with Crippen molar-refractivity contribution in [2.24, 2.45) is 0 Å². The van der Waals surface area contributed by atoms with Crippen LogP contribution in [0.1, 0.15) is 29.9 Å². The fraction of sp³-hybridized carbons (Fsp3) is 0.389. The van der Waals surface area contributed by atoms with Crippen LogP contribution in [0.5, 0.6) is 0 Å². The second-order valence-corrected chi connectivity index (χ2v) is 7.54. The highest BCUT2D eigenvalue weighted by atomic mass is 32.1. The van der Waals surface area contributed by atoms with Crippen LogP contribution in [0.25, 0.3) is 11.0 Å². The lowest BCUT2D eigenvalue weighted by atomic mass is 10.2. The molecular weight excluding hydrogens is 350 g/mol. The molecule has 1 amide bonds. The highest BCUT2D eigenvalue weighted by Crippen LogP contribution is 2.20. The second-order valence-electron chi connectivity index (χ2n) is 6.68. The molecule has 136 valence electrons. The third-order valence-electron chi connectivity index (χ3n) is 4.34. The summed E-state index contributed by atoms with van der Waals surface area (Å²) in [7, 11) is 0. The van der Waals surface area contributed by atoms with Crippen molar-refractivity contribution in [1.29, 1.82) is 0 Å². The van der Waals surface area contributed by atoms with Crippen LogP contribution in [-0.2, 0) is 11.3 Å². The number of H-pyrrole nitrogens is 1. The number of aromatic amines is 1. The number of anilines is 1. The van der Waals surface area contributed by atoms with Crippen LogP contribution < -0.4 is 5.32 Å². The zero-order chi connectivity index (χ0) is 18.1. The molecule has 3 heterocycles. The molecule has 0 saturated carbocycles. The Balaban J connectivity index is 1.40. The summed E-state index contributed by atoms with van der Waals surface area (Å²) in [4.78, 5) is 26.5. The first kappa shape index (κ1) is 17.1. The summed E-state index contributed by atoms with van der Waals surface area (Å²) in [6, 6.07) is 5.39. The van der Waals surface area contributed by atoms with E-state index in [0.29, 0.717) is 10.7 Å². The molecule has 26 heavy (non-hydrogen) atoms. The number of nitrogens with one attached hydrogen (secondary N) is 2. The van der Waals surface area contributed by atoms with Crippen molar-refractivity contribution in [3.8, 4) is 0 Å². The Labute approximate surface area is 155 Å². The van der Waals surface area contributed by atoms with Crippen LogP contribution in [0, 0.1) is 0 Å². The Kier molecular flexibility index (Phi) is 4.71. The molecular formula is C18H21N5O2S. The van der Waals surface area contributed by atoms with E-state index in [4.69, 9.17) is 4.74 Å². The summed E-state index contributed by atoms with van der Waals surface area (Å²) < 4.78 is 5.76. The van der Waals surface area contributed by atoms with Crippen molar-refractivity contribution in [2.45, 2.75) is 32.6 Å². The molecule has 2 N–H and O–H groups in total. The SMILES string of the molecule is C[C@H]1CN(Cc2csc(NC(=O)c3ccc4nc[nH]c4c3)n2)C[C@H](C)O1. The third-order valence-corrected chi connectivity index (χ3v) is 5.14. The van der Waals surface area contributed by atoms with Gasteiger partial charge in [0.1, 0.15) is 0 Å². The van der Waals surface area contributed by atoms with Gasteiger partial charge < -0.3 is 9.72 Å². The molecule has 7 nitrogen and oxygen atoms in total. The molecule has 8 heteroatoms. The van der Waals surface area contributed by atoms with E-state index in [9.17, 15) is 4.79 Å². The van der Waals surface area contributed by atoms with Crippen LogP contribution in [0.3, 0.4) is 0 Å². The van der Waals surface area contributed by atoms with Crippen LogP contribution >= 0.6 is 11.3 Å². The minimum atomic E-state index is -0.170. The number of hydrogen-bond donors (Lipinski definition) is 2. The van der Waals surface area contributed by atoms with Gasteiger partial charge in [-0.3, -0.25) is 15.0 Å².